The Bertz CT molecular complexity index is 248. The molecule has 2 heteroatoms. The van der Waals surface area contributed by atoms with Crippen LogP contribution in [0.25, 0.3) is 0 Å². The molecule has 2 rings (SSSR count). The van der Waals surface area contributed by atoms with E-state index in [1.807, 2.05) is 0 Å². The number of aliphatic imine (C=N–C) groups is 1. The molecule has 0 N–H and O–H groups in total. The second-order valence-corrected chi connectivity index (χ2v) is 4.26. The van der Waals surface area contributed by atoms with Crippen LogP contribution in [0.5, 0.6) is 0 Å². The lowest BCUT2D eigenvalue weighted by Gasteiger charge is -2.32. The van der Waals surface area contributed by atoms with E-state index in [4.69, 9.17) is 0 Å². The summed E-state index contributed by atoms with van der Waals surface area (Å²) in [6.07, 6.45) is 2.26. The third-order valence-corrected chi connectivity index (χ3v) is 3.52. The molecule has 0 aromatic heterocycles. The van der Waals surface area contributed by atoms with Crippen LogP contribution in [-0.2, 0) is 0 Å². The summed E-state index contributed by atoms with van der Waals surface area (Å²) >= 11 is 0. The van der Waals surface area contributed by atoms with Gasteiger partial charge in [-0.1, -0.05) is 13.0 Å². The van der Waals surface area contributed by atoms with Crippen molar-refractivity contribution in [2.45, 2.75) is 26.3 Å². The van der Waals surface area contributed by atoms with Gasteiger partial charge in [-0.2, -0.15) is 0 Å². The number of fused-ring (bicyclic) bond motifs is 1. The number of hydrogen-bond donors (Lipinski definition) is 0. The number of nitrogens with zero attached hydrogens (tertiary/aromatic N) is 2. The highest BCUT2D eigenvalue weighted by molar-refractivity contribution is 6.03. The smallest absolute Gasteiger partial charge is 0.127 e. The quantitative estimate of drug-likeness (QED) is 0.532. The maximum atomic E-state index is 4.47. The fourth-order valence-electron chi connectivity index (χ4n) is 2.03. The summed E-state index contributed by atoms with van der Waals surface area (Å²) in [6.45, 7) is 7.73. The molecule has 66 valence electrons. The summed E-state index contributed by atoms with van der Waals surface area (Å²) in [7, 11) is 2.14. The first kappa shape index (κ1) is 7.84. The fourth-order valence-corrected chi connectivity index (χ4v) is 2.03. The van der Waals surface area contributed by atoms with Gasteiger partial charge in [-0.3, -0.25) is 4.99 Å². The van der Waals surface area contributed by atoms with Crippen LogP contribution in [0.4, 0.5) is 0 Å². The van der Waals surface area contributed by atoms with Gasteiger partial charge in [-0.15, -0.1) is 0 Å². The maximum Gasteiger partial charge on any atom is 0.127 e. The molecule has 0 spiro atoms. The third kappa shape index (κ3) is 0.728. The van der Waals surface area contributed by atoms with Crippen LogP contribution < -0.4 is 0 Å². The van der Waals surface area contributed by atoms with Gasteiger partial charge in [0.15, 0.2) is 0 Å². The molecular formula is C10H16N2. The normalized spacial score (nSPS) is 31.7. The molecule has 1 fully saturated rings. The molecule has 0 aromatic rings. The highest BCUT2D eigenvalue weighted by atomic mass is 15.3. The molecular weight excluding hydrogens is 148 g/mol. The third-order valence-electron chi connectivity index (χ3n) is 3.52. The molecule has 0 aliphatic carbocycles. The van der Waals surface area contributed by atoms with E-state index >= 15 is 0 Å². The summed E-state index contributed by atoms with van der Waals surface area (Å²) in [4.78, 5) is 6.78. The van der Waals surface area contributed by atoms with E-state index in [0.717, 1.165) is 6.54 Å². The minimum atomic E-state index is 0.241. The molecule has 2 aliphatic rings. The minimum absolute atomic E-state index is 0.241. The molecule has 0 amide bonds. The van der Waals surface area contributed by atoms with Gasteiger partial charge >= 0.3 is 0 Å². The molecule has 0 bridgehead atoms. The van der Waals surface area contributed by atoms with Crippen molar-refractivity contribution in [1.29, 1.82) is 0 Å². The van der Waals surface area contributed by atoms with Gasteiger partial charge in [-0.05, 0) is 19.4 Å². The second kappa shape index (κ2) is 2.12. The zero-order chi connectivity index (χ0) is 8.93. The van der Waals surface area contributed by atoms with Crippen molar-refractivity contribution < 1.29 is 0 Å². The van der Waals surface area contributed by atoms with Crippen molar-refractivity contribution in [3.8, 4) is 0 Å². The molecule has 12 heavy (non-hydrogen) atoms. The summed E-state index contributed by atoms with van der Waals surface area (Å²) in [5.74, 6) is 1.83. The lowest BCUT2D eigenvalue weighted by molar-refractivity contribution is 0.228. The van der Waals surface area contributed by atoms with Crippen molar-refractivity contribution >= 4 is 5.84 Å². The van der Waals surface area contributed by atoms with E-state index in [-0.39, 0.29) is 5.54 Å². The van der Waals surface area contributed by atoms with Crippen LogP contribution in [0, 0.1) is 5.92 Å². The average Bonchev–Trinajstić information content (AvgIpc) is 2.53. The SMILES string of the molecule is CC1C2=CCN=C2N(C)C1(C)C. The van der Waals surface area contributed by atoms with Gasteiger partial charge in [0.25, 0.3) is 0 Å². The first-order chi connectivity index (χ1) is 5.55. The maximum absolute atomic E-state index is 4.47. The van der Waals surface area contributed by atoms with Crippen molar-refractivity contribution in [1.82, 2.24) is 4.90 Å². The largest absolute Gasteiger partial charge is 0.354 e. The first-order valence-corrected chi connectivity index (χ1v) is 4.54. The van der Waals surface area contributed by atoms with E-state index in [0.29, 0.717) is 5.92 Å². The average molecular weight is 164 g/mol. The summed E-state index contributed by atoms with van der Waals surface area (Å²) < 4.78 is 0. The highest BCUT2D eigenvalue weighted by Gasteiger charge is 2.44. The molecule has 1 unspecified atom stereocenters. The molecule has 0 aromatic carbocycles. The van der Waals surface area contributed by atoms with Crippen LogP contribution in [-0.4, -0.2) is 29.9 Å². The summed E-state index contributed by atoms with van der Waals surface area (Å²) in [5, 5.41) is 0. The Morgan fingerprint density at radius 3 is 2.83 bits per heavy atom. The Morgan fingerprint density at radius 2 is 2.25 bits per heavy atom. The van der Waals surface area contributed by atoms with Crippen LogP contribution in [0.3, 0.4) is 0 Å². The van der Waals surface area contributed by atoms with Crippen molar-refractivity contribution in [2.24, 2.45) is 10.9 Å². The number of likely N-dealkylation sites (tertiary alicyclic amines) is 1. The van der Waals surface area contributed by atoms with E-state index in [2.05, 4.69) is 43.8 Å². The predicted octanol–water partition coefficient (Wildman–Crippen LogP) is 1.69. The van der Waals surface area contributed by atoms with E-state index in [1.54, 1.807) is 0 Å². The van der Waals surface area contributed by atoms with Gasteiger partial charge in [-0.25, -0.2) is 0 Å². The Labute approximate surface area is 74.0 Å². The summed E-state index contributed by atoms with van der Waals surface area (Å²) in [5.41, 5.74) is 1.69. The molecule has 0 saturated carbocycles. The second-order valence-electron chi connectivity index (χ2n) is 4.26. The molecule has 1 atom stereocenters. The van der Waals surface area contributed by atoms with Gasteiger partial charge in [0.2, 0.25) is 0 Å². The zero-order valence-electron chi connectivity index (χ0n) is 8.26. The van der Waals surface area contributed by atoms with Crippen LogP contribution in [0.2, 0.25) is 0 Å². The van der Waals surface area contributed by atoms with Crippen molar-refractivity contribution in [3.63, 3.8) is 0 Å². The number of amidine groups is 1. The van der Waals surface area contributed by atoms with Crippen molar-refractivity contribution in [2.75, 3.05) is 13.6 Å². The Kier molecular flexibility index (Phi) is 1.39. The molecule has 2 aliphatic heterocycles. The Balaban J connectivity index is 2.46. The molecule has 2 heterocycles. The number of likely N-dealkylation sites (N-methyl/N-ethyl adjacent to an activating group) is 1. The van der Waals surface area contributed by atoms with Crippen LogP contribution in [0.1, 0.15) is 20.8 Å². The van der Waals surface area contributed by atoms with Gasteiger partial charge in [0.05, 0.1) is 6.54 Å². The molecule has 2 nitrogen and oxygen atoms in total. The topological polar surface area (TPSA) is 15.6 Å². The number of hydrogen-bond acceptors (Lipinski definition) is 2. The highest BCUT2D eigenvalue weighted by Crippen LogP contribution is 2.39. The van der Waals surface area contributed by atoms with Crippen molar-refractivity contribution in [3.05, 3.63) is 11.6 Å². The minimum Gasteiger partial charge on any atom is -0.354 e. The lowest BCUT2D eigenvalue weighted by atomic mass is 9.87. The lowest BCUT2D eigenvalue weighted by Crippen LogP contribution is -2.40. The predicted molar refractivity (Wildman–Crippen MR) is 51.4 cm³/mol. The molecule has 0 radical (unpaired) electrons. The summed E-state index contributed by atoms with van der Waals surface area (Å²) in [6, 6.07) is 0. The standard InChI is InChI=1S/C10H16N2/c1-7-8-5-6-11-9(8)12(4)10(7,2)3/h5,7H,6H2,1-4H3. The number of rotatable bonds is 0. The van der Waals surface area contributed by atoms with Crippen LogP contribution >= 0.6 is 0 Å². The van der Waals surface area contributed by atoms with E-state index in [1.165, 1.54) is 11.4 Å². The van der Waals surface area contributed by atoms with Crippen LogP contribution in [0.15, 0.2) is 16.6 Å². The van der Waals surface area contributed by atoms with Gasteiger partial charge in [0.1, 0.15) is 5.84 Å². The monoisotopic (exact) mass is 164 g/mol. The fraction of sp³-hybridized carbons (Fsp3) is 0.700. The van der Waals surface area contributed by atoms with Gasteiger partial charge < -0.3 is 4.90 Å². The molecule has 1 saturated heterocycles. The van der Waals surface area contributed by atoms with E-state index < -0.39 is 0 Å². The van der Waals surface area contributed by atoms with Gasteiger partial charge in [0, 0.05) is 18.5 Å². The Morgan fingerprint density at radius 1 is 1.58 bits per heavy atom. The first-order valence-electron chi connectivity index (χ1n) is 4.54. The van der Waals surface area contributed by atoms with E-state index in [9.17, 15) is 0 Å². The zero-order valence-corrected chi connectivity index (χ0v) is 8.26. The Hall–Kier alpha value is -0.790.